The standard InChI is InChI=1S/C22H19F2N3O4S/c1-11-4-5-27-17(31-11)10-26-9-15(19(28)20(29)18(26)22(27)30)21-25-8-14(32-21)6-12-2-3-13(23)7-16(12)24/h2-3,7-9,11,17,29H,4-6,10H2,1H3/t11-,17+/m1/s1. The fourth-order valence-electron chi connectivity index (χ4n) is 4.09. The number of ether oxygens (including phenoxy) is 1. The highest BCUT2D eigenvalue weighted by Crippen LogP contribution is 2.32. The molecule has 0 saturated carbocycles. The van der Waals surface area contributed by atoms with Gasteiger partial charge in [-0.05, 0) is 25.0 Å². The van der Waals surface area contributed by atoms with Crippen LogP contribution in [0.25, 0.3) is 10.6 Å². The van der Waals surface area contributed by atoms with Gasteiger partial charge in [-0.3, -0.25) is 9.59 Å². The monoisotopic (exact) mass is 459 g/mol. The molecule has 2 aromatic heterocycles. The van der Waals surface area contributed by atoms with Crippen LogP contribution in [0.3, 0.4) is 0 Å². The molecule has 0 spiro atoms. The first-order chi connectivity index (χ1) is 15.3. The van der Waals surface area contributed by atoms with E-state index in [-0.39, 0.29) is 30.3 Å². The summed E-state index contributed by atoms with van der Waals surface area (Å²) in [5.74, 6) is -2.37. The molecule has 4 heterocycles. The fraction of sp³-hybridized carbons (Fsp3) is 0.318. The average Bonchev–Trinajstić information content (AvgIpc) is 3.20. The molecule has 2 atom stereocenters. The summed E-state index contributed by atoms with van der Waals surface area (Å²) in [6.45, 7) is 2.72. The van der Waals surface area contributed by atoms with Gasteiger partial charge in [0.25, 0.3) is 5.91 Å². The molecule has 0 radical (unpaired) electrons. The Kier molecular flexibility index (Phi) is 5.06. The molecule has 166 valence electrons. The highest BCUT2D eigenvalue weighted by molar-refractivity contribution is 7.15. The Morgan fingerprint density at radius 3 is 2.91 bits per heavy atom. The van der Waals surface area contributed by atoms with Gasteiger partial charge in [-0.15, -0.1) is 11.3 Å². The molecule has 2 aliphatic heterocycles. The number of carbonyl (C=O) groups excluding carboxylic acids is 1. The van der Waals surface area contributed by atoms with E-state index in [0.29, 0.717) is 28.4 Å². The van der Waals surface area contributed by atoms with Gasteiger partial charge in [-0.25, -0.2) is 13.8 Å². The topological polar surface area (TPSA) is 84.7 Å². The van der Waals surface area contributed by atoms with E-state index >= 15 is 0 Å². The van der Waals surface area contributed by atoms with Crippen molar-refractivity contribution in [1.29, 1.82) is 0 Å². The van der Waals surface area contributed by atoms with Gasteiger partial charge < -0.3 is 19.3 Å². The van der Waals surface area contributed by atoms with Crippen LogP contribution >= 0.6 is 11.3 Å². The number of thiazole rings is 1. The van der Waals surface area contributed by atoms with Gasteiger partial charge in [0, 0.05) is 36.3 Å². The van der Waals surface area contributed by atoms with Crippen molar-refractivity contribution in [3.05, 3.63) is 68.6 Å². The van der Waals surface area contributed by atoms with Crippen molar-refractivity contribution in [2.24, 2.45) is 0 Å². The first-order valence-electron chi connectivity index (χ1n) is 10.1. The summed E-state index contributed by atoms with van der Waals surface area (Å²) >= 11 is 1.17. The number of rotatable bonds is 3. The molecule has 1 N–H and O–H groups in total. The lowest BCUT2D eigenvalue weighted by molar-refractivity contribution is -0.127. The summed E-state index contributed by atoms with van der Waals surface area (Å²) in [6, 6.07) is 3.37. The number of nitrogens with zero attached hydrogens (tertiary/aromatic N) is 3. The van der Waals surface area contributed by atoms with Crippen LogP contribution in [0.5, 0.6) is 5.75 Å². The van der Waals surface area contributed by atoms with E-state index in [2.05, 4.69) is 4.98 Å². The van der Waals surface area contributed by atoms with Crippen LogP contribution in [0.1, 0.15) is 34.3 Å². The van der Waals surface area contributed by atoms with E-state index in [9.17, 15) is 23.5 Å². The molecule has 1 amide bonds. The number of benzene rings is 1. The van der Waals surface area contributed by atoms with Crippen molar-refractivity contribution in [1.82, 2.24) is 14.5 Å². The number of amides is 1. The third kappa shape index (κ3) is 3.49. The second-order valence-corrected chi connectivity index (χ2v) is 9.07. The zero-order valence-corrected chi connectivity index (χ0v) is 17.9. The molecule has 3 aromatic rings. The Balaban J connectivity index is 1.49. The molecule has 10 heteroatoms. The van der Waals surface area contributed by atoms with Crippen LogP contribution < -0.4 is 5.43 Å². The van der Waals surface area contributed by atoms with E-state index in [1.165, 1.54) is 45.3 Å². The minimum Gasteiger partial charge on any atom is -0.503 e. The van der Waals surface area contributed by atoms with Crippen LogP contribution in [-0.2, 0) is 17.7 Å². The molecule has 1 saturated heterocycles. The van der Waals surface area contributed by atoms with E-state index in [1.807, 2.05) is 6.92 Å². The zero-order chi connectivity index (χ0) is 22.6. The maximum absolute atomic E-state index is 14.0. The summed E-state index contributed by atoms with van der Waals surface area (Å²) in [5.41, 5.74) is -0.297. The van der Waals surface area contributed by atoms with Gasteiger partial charge >= 0.3 is 0 Å². The minimum atomic E-state index is -0.691. The molecule has 0 bridgehead atoms. The number of fused-ring (bicyclic) bond motifs is 2. The third-order valence-electron chi connectivity index (χ3n) is 5.75. The first kappa shape index (κ1) is 20.8. The highest BCUT2D eigenvalue weighted by Gasteiger charge is 2.39. The van der Waals surface area contributed by atoms with Crippen LogP contribution in [0.4, 0.5) is 8.78 Å². The molecule has 1 aromatic carbocycles. The molecule has 32 heavy (non-hydrogen) atoms. The van der Waals surface area contributed by atoms with Gasteiger partial charge in [-0.1, -0.05) is 6.07 Å². The summed E-state index contributed by atoms with van der Waals surface area (Å²) in [6.07, 6.45) is 3.43. The number of carbonyl (C=O) groups is 1. The number of pyridine rings is 1. The predicted molar refractivity (Wildman–Crippen MR) is 113 cm³/mol. The summed E-state index contributed by atoms with van der Waals surface area (Å²) < 4.78 is 34.5. The van der Waals surface area contributed by atoms with E-state index in [1.54, 1.807) is 0 Å². The maximum Gasteiger partial charge on any atom is 0.276 e. The van der Waals surface area contributed by atoms with Gasteiger partial charge in [0.15, 0.2) is 17.7 Å². The lowest BCUT2D eigenvalue weighted by Gasteiger charge is -2.42. The smallest absolute Gasteiger partial charge is 0.276 e. The van der Waals surface area contributed by atoms with Gasteiger partial charge in [0.05, 0.1) is 18.2 Å². The van der Waals surface area contributed by atoms with Gasteiger partial charge in [0.1, 0.15) is 16.6 Å². The highest BCUT2D eigenvalue weighted by atomic mass is 32.1. The number of aromatic hydroxyl groups is 1. The third-order valence-corrected chi connectivity index (χ3v) is 6.78. The number of halogens is 2. The normalized spacial score (nSPS) is 20.2. The number of hydrogen-bond donors (Lipinski definition) is 1. The zero-order valence-electron chi connectivity index (χ0n) is 17.0. The summed E-state index contributed by atoms with van der Waals surface area (Å²) in [5, 5.41) is 10.9. The average molecular weight is 459 g/mol. The molecule has 7 nitrogen and oxygen atoms in total. The quantitative estimate of drug-likeness (QED) is 0.651. The van der Waals surface area contributed by atoms with Crippen molar-refractivity contribution in [2.45, 2.75) is 38.6 Å². The van der Waals surface area contributed by atoms with E-state index < -0.39 is 34.9 Å². The number of hydrogen-bond acceptors (Lipinski definition) is 6. The van der Waals surface area contributed by atoms with Gasteiger partial charge in [-0.2, -0.15) is 0 Å². The Morgan fingerprint density at radius 1 is 1.31 bits per heavy atom. The van der Waals surface area contributed by atoms with Gasteiger partial charge in [0.2, 0.25) is 5.43 Å². The van der Waals surface area contributed by atoms with E-state index in [0.717, 1.165) is 6.07 Å². The first-order valence-corrected chi connectivity index (χ1v) is 11.0. The number of aromatic nitrogens is 2. The Morgan fingerprint density at radius 2 is 2.12 bits per heavy atom. The second kappa shape index (κ2) is 7.79. The van der Waals surface area contributed by atoms with Crippen LogP contribution in [0.2, 0.25) is 0 Å². The Hall–Kier alpha value is -3.11. The molecule has 1 fully saturated rings. The molecule has 5 rings (SSSR count). The van der Waals surface area contributed by atoms with Crippen LogP contribution in [0.15, 0.2) is 35.4 Å². The predicted octanol–water partition coefficient (Wildman–Crippen LogP) is 3.14. The molecule has 0 unspecified atom stereocenters. The van der Waals surface area contributed by atoms with Crippen LogP contribution in [0, 0.1) is 11.6 Å². The molecule has 0 aliphatic carbocycles. The van der Waals surface area contributed by atoms with Crippen LogP contribution in [-0.4, -0.2) is 44.3 Å². The Labute approximate surface area is 185 Å². The summed E-state index contributed by atoms with van der Waals surface area (Å²) in [7, 11) is 0. The molecular weight excluding hydrogens is 440 g/mol. The van der Waals surface area contributed by atoms with Crippen molar-refractivity contribution < 1.29 is 23.4 Å². The second-order valence-electron chi connectivity index (χ2n) is 7.95. The lowest BCUT2D eigenvalue weighted by Crippen LogP contribution is -2.54. The largest absolute Gasteiger partial charge is 0.503 e. The lowest BCUT2D eigenvalue weighted by atomic mass is 10.1. The van der Waals surface area contributed by atoms with Crippen molar-refractivity contribution in [3.8, 4) is 16.3 Å². The maximum atomic E-state index is 14.0. The Bertz CT molecular complexity index is 1290. The van der Waals surface area contributed by atoms with Crippen molar-refractivity contribution >= 4 is 17.2 Å². The fourth-order valence-corrected chi connectivity index (χ4v) is 5.03. The molecule has 2 aliphatic rings. The molecular formula is C22H19F2N3O4S. The minimum absolute atomic E-state index is 0.00595. The SMILES string of the molecule is C[C@@H]1CCN2C(=O)c3c(O)c(=O)c(-c4ncc(Cc5ccc(F)cc5F)s4)cn3C[C@@H]2O1. The van der Waals surface area contributed by atoms with Crippen molar-refractivity contribution in [2.75, 3.05) is 6.54 Å². The summed E-state index contributed by atoms with van der Waals surface area (Å²) in [4.78, 5) is 32.2. The van der Waals surface area contributed by atoms with E-state index in [4.69, 9.17) is 4.74 Å². The van der Waals surface area contributed by atoms with Crippen molar-refractivity contribution in [3.63, 3.8) is 0 Å².